The molecule has 50 valence electrons. The van der Waals surface area contributed by atoms with Crippen LogP contribution in [0.4, 0.5) is 0 Å². The van der Waals surface area contributed by atoms with Crippen molar-refractivity contribution in [1.82, 2.24) is 10.2 Å². The normalized spacial score (nSPS) is 12.2. The second-order valence-corrected chi connectivity index (χ2v) is 2.25. The van der Waals surface area contributed by atoms with Crippen molar-refractivity contribution in [3.8, 4) is 0 Å². The van der Waals surface area contributed by atoms with Crippen molar-refractivity contribution in [3.05, 3.63) is 18.0 Å². The first-order valence-corrected chi connectivity index (χ1v) is 3.26. The monoisotopic (exact) mass is 130 g/mol. The number of rotatable bonds is 2. The Balaban J connectivity index is 0.000000810. The second kappa shape index (κ2) is 4.60. The quantitative estimate of drug-likeness (QED) is 0.392. The van der Waals surface area contributed by atoms with Crippen LogP contribution < -0.4 is 18.9 Å². The maximum atomic E-state index is 4.01. The molecule has 3 heteroatoms. The first-order valence-electron chi connectivity index (χ1n) is 3.26. The smallest absolute Gasteiger partial charge is 0.390 e. The zero-order chi connectivity index (χ0) is 6.69. The molecule has 0 radical (unpaired) electrons. The van der Waals surface area contributed by atoms with E-state index in [1.54, 1.807) is 0 Å². The van der Waals surface area contributed by atoms with Crippen molar-refractivity contribution in [1.29, 1.82) is 0 Å². The Bertz CT molecular complexity index is 160. The Morgan fingerprint density at radius 3 is 2.90 bits per heavy atom. The molecule has 0 aliphatic carbocycles. The summed E-state index contributed by atoms with van der Waals surface area (Å²) in [6.07, 6.45) is 3.95. The molecule has 0 saturated heterocycles. The van der Waals surface area contributed by atoms with Crippen LogP contribution in [0.5, 0.6) is 0 Å². The van der Waals surface area contributed by atoms with E-state index in [9.17, 15) is 0 Å². The summed E-state index contributed by atoms with van der Waals surface area (Å²) in [6, 6.07) is 1.90. The number of H-pyrrole nitrogens is 1. The van der Waals surface area contributed by atoms with Gasteiger partial charge in [0.25, 0.3) is 0 Å². The standard InChI is InChI=1S/C7H11N2.Li/c1-3-6(2)7-4-5-8-9-7;/h4,6H,3H2,1-2H3,(H,8,9);/q-1;+1. The zero-order valence-electron chi connectivity index (χ0n) is 6.81. The van der Waals surface area contributed by atoms with Gasteiger partial charge in [-0.2, -0.15) is 12.3 Å². The first-order chi connectivity index (χ1) is 4.34. The van der Waals surface area contributed by atoms with Crippen LogP contribution in [-0.4, -0.2) is 10.2 Å². The van der Waals surface area contributed by atoms with E-state index < -0.39 is 0 Å². The summed E-state index contributed by atoms with van der Waals surface area (Å²) in [6.45, 7) is 4.31. The van der Waals surface area contributed by atoms with Gasteiger partial charge in [0.1, 0.15) is 0 Å². The second-order valence-electron chi connectivity index (χ2n) is 2.25. The SMILES string of the molecule is CCC(C)c1c[c-][nH]n1.[Li+]. The van der Waals surface area contributed by atoms with E-state index in [-0.39, 0.29) is 18.9 Å². The van der Waals surface area contributed by atoms with Crippen LogP contribution in [0.1, 0.15) is 31.9 Å². The fourth-order valence-electron chi connectivity index (χ4n) is 0.697. The molecule has 0 amide bonds. The van der Waals surface area contributed by atoms with Crippen molar-refractivity contribution < 1.29 is 18.9 Å². The molecule has 1 atom stereocenters. The van der Waals surface area contributed by atoms with Gasteiger partial charge in [-0.1, -0.05) is 31.9 Å². The molecule has 1 N–H and O–H groups in total. The van der Waals surface area contributed by atoms with Crippen molar-refractivity contribution in [2.75, 3.05) is 0 Å². The summed E-state index contributed by atoms with van der Waals surface area (Å²) in [4.78, 5) is 0. The minimum Gasteiger partial charge on any atom is -0.390 e. The minimum atomic E-state index is 0. The van der Waals surface area contributed by atoms with Gasteiger partial charge >= 0.3 is 18.9 Å². The molecule has 1 unspecified atom stereocenters. The molecule has 0 saturated carbocycles. The molecule has 1 heterocycles. The number of aromatic amines is 1. The van der Waals surface area contributed by atoms with E-state index in [0.717, 1.165) is 12.1 Å². The van der Waals surface area contributed by atoms with E-state index in [1.165, 1.54) is 0 Å². The van der Waals surface area contributed by atoms with Gasteiger partial charge in [-0.15, -0.1) is 0 Å². The molecule has 0 spiro atoms. The van der Waals surface area contributed by atoms with Crippen molar-refractivity contribution in [2.24, 2.45) is 0 Å². The van der Waals surface area contributed by atoms with E-state index >= 15 is 0 Å². The van der Waals surface area contributed by atoms with E-state index in [4.69, 9.17) is 0 Å². The third-order valence-electron chi connectivity index (χ3n) is 1.59. The van der Waals surface area contributed by atoms with Crippen LogP contribution in [0.3, 0.4) is 0 Å². The Morgan fingerprint density at radius 1 is 1.80 bits per heavy atom. The van der Waals surface area contributed by atoms with Crippen LogP contribution in [-0.2, 0) is 0 Å². The third kappa shape index (κ3) is 2.21. The van der Waals surface area contributed by atoms with Crippen molar-refractivity contribution in [3.63, 3.8) is 0 Å². The third-order valence-corrected chi connectivity index (χ3v) is 1.59. The van der Waals surface area contributed by atoms with Crippen molar-refractivity contribution >= 4 is 0 Å². The van der Waals surface area contributed by atoms with E-state index in [1.807, 2.05) is 6.07 Å². The van der Waals surface area contributed by atoms with E-state index in [2.05, 4.69) is 30.2 Å². The Labute approximate surface area is 73.6 Å². The molecular weight excluding hydrogens is 119 g/mol. The van der Waals surface area contributed by atoms with Gasteiger partial charge in [-0.25, -0.2) is 0 Å². The van der Waals surface area contributed by atoms with Gasteiger partial charge in [0.05, 0.1) is 0 Å². The molecule has 2 nitrogen and oxygen atoms in total. The molecule has 0 aromatic carbocycles. The van der Waals surface area contributed by atoms with Gasteiger partial charge in [0.2, 0.25) is 0 Å². The molecule has 1 aromatic rings. The number of hydrogen-bond acceptors (Lipinski definition) is 1. The number of hydrogen-bond donors (Lipinski definition) is 1. The number of nitrogens with zero attached hydrogens (tertiary/aromatic N) is 1. The molecule has 1 aromatic heterocycles. The summed E-state index contributed by atoms with van der Waals surface area (Å²) in [5, 5.41) is 6.68. The Kier molecular flexibility index (Phi) is 4.51. The Hall–Kier alpha value is -0.193. The summed E-state index contributed by atoms with van der Waals surface area (Å²) in [7, 11) is 0. The van der Waals surface area contributed by atoms with Crippen LogP contribution in [0.25, 0.3) is 0 Å². The van der Waals surface area contributed by atoms with Gasteiger partial charge in [-0.3, -0.25) is 5.10 Å². The average Bonchev–Trinajstić information content (AvgIpc) is 2.37. The van der Waals surface area contributed by atoms with Crippen LogP contribution in [0.15, 0.2) is 6.07 Å². The maximum Gasteiger partial charge on any atom is 1.00 e. The largest absolute Gasteiger partial charge is 1.00 e. The maximum absolute atomic E-state index is 4.01. The van der Waals surface area contributed by atoms with Gasteiger partial charge in [-0.05, 0) is 0 Å². The zero-order valence-corrected chi connectivity index (χ0v) is 6.81. The van der Waals surface area contributed by atoms with Crippen LogP contribution in [0.2, 0.25) is 0 Å². The molecule has 0 aliphatic heterocycles. The summed E-state index contributed by atoms with van der Waals surface area (Å²) in [5.41, 5.74) is 1.11. The fourth-order valence-corrected chi connectivity index (χ4v) is 0.697. The predicted octanol–water partition coefficient (Wildman–Crippen LogP) is -1.27. The molecule has 10 heavy (non-hydrogen) atoms. The van der Waals surface area contributed by atoms with Crippen LogP contribution in [0, 0.1) is 6.20 Å². The van der Waals surface area contributed by atoms with Gasteiger partial charge in [0.15, 0.2) is 0 Å². The average molecular weight is 130 g/mol. The predicted molar refractivity (Wildman–Crippen MR) is 36.1 cm³/mol. The summed E-state index contributed by atoms with van der Waals surface area (Å²) >= 11 is 0. The van der Waals surface area contributed by atoms with E-state index in [0.29, 0.717) is 5.92 Å². The molecule has 0 fully saturated rings. The number of nitrogens with one attached hydrogen (secondary N) is 1. The minimum absolute atomic E-state index is 0. The molecule has 0 aliphatic rings. The fraction of sp³-hybridized carbons (Fsp3) is 0.571. The topological polar surface area (TPSA) is 28.7 Å². The summed E-state index contributed by atoms with van der Waals surface area (Å²) in [5.74, 6) is 0.562. The van der Waals surface area contributed by atoms with Gasteiger partial charge < -0.3 is 5.10 Å². The van der Waals surface area contributed by atoms with Crippen molar-refractivity contribution in [2.45, 2.75) is 26.2 Å². The van der Waals surface area contributed by atoms with Gasteiger partial charge in [0, 0.05) is 0 Å². The molecular formula is C7H11LiN2. The van der Waals surface area contributed by atoms with Crippen LogP contribution >= 0.6 is 0 Å². The first kappa shape index (κ1) is 9.81. The summed E-state index contributed by atoms with van der Waals surface area (Å²) < 4.78 is 0. The molecule has 1 rings (SSSR count). The molecule has 0 bridgehead atoms. The number of aromatic nitrogens is 2. The Morgan fingerprint density at radius 2 is 2.50 bits per heavy atom.